The van der Waals surface area contributed by atoms with Crippen LogP contribution in [0, 0.1) is 0 Å². The van der Waals surface area contributed by atoms with Crippen molar-refractivity contribution in [2.24, 2.45) is 0 Å². The van der Waals surface area contributed by atoms with Gasteiger partial charge < -0.3 is 9.64 Å². The smallest absolute Gasteiger partial charge is 0.148 e. The van der Waals surface area contributed by atoms with Crippen molar-refractivity contribution in [3.05, 3.63) is 61.5 Å². The molecule has 2 aromatic carbocycles. The number of thiocarbonyl (C=S) groups is 1. The first-order valence-electron chi connectivity index (χ1n) is 8.20. The second-order valence-electron chi connectivity index (χ2n) is 6.04. The molecule has 1 aliphatic rings. The lowest BCUT2D eigenvalue weighted by Crippen LogP contribution is -2.34. The Labute approximate surface area is 175 Å². The van der Waals surface area contributed by atoms with Crippen molar-refractivity contribution in [3.8, 4) is 5.75 Å². The zero-order valence-electron chi connectivity index (χ0n) is 13.6. The quantitative estimate of drug-likeness (QED) is 0.436. The average molecular weight is 504 g/mol. The Morgan fingerprint density at radius 2 is 1.64 bits per heavy atom. The van der Waals surface area contributed by atoms with Gasteiger partial charge in [-0.05, 0) is 81.0 Å². The summed E-state index contributed by atoms with van der Waals surface area (Å²) in [6.07, 6.45) is 3.72. The molecule has 1 saturated heterocycles. The number of benzene rings is 2. The summed E-state index contributed by atoms with van der Waals surface area (Å²) in [6.45, 7) is 2.57. The molecule has 3 rings (SSSR count). The molecule has 2 nitrogen and oxygen atoms in total. The molecular formula is C19H18Br2ClNOS. The average Bonchev–Trinajstić information content (AvgIpc) is 2.62. The fourth-order valence-corrected chi connectivity index (χ4v) is 4.68. The highest BCUT2D eigenvalue weighted by molar-refractivity contribution is 9.11. The van der Waals surface area contributed by atoms with Crippen LogP contribution in [0.25, 0.3) is 0 Å². The van der Waals surface area contributed by atoms with Gasteiger partial charge in [0.1, 0.15) is 17.3 Å². The predicted octanol–water partition coefficient (Wildman–Crippen LogP) is 6.61. The Bertz CT molecular complexity index is 738. The molecule has 0 atom stereocenters. The highest BCUT2D eigenvalue weighted by Crippen LogP contribution is 2.36. The monoisotopic (exact) mass is 501 g/mol. The van der Waals surface area contributed by atoms with Gasteiger partial charge in [-0.1, -0.05) is 36.0 Å². The largest absolute Gasteiger partial charge is 0.487 e. The molecule has 1 fully saturated rings. The maximum absolute atomic E-state index is 5.98. The Morgan fingerprint density at radius 1 is 1.04 bits per heavy atom. The summed E-state index contributed by atoms with van der Waals surface area (Å²) in [7, 11) is 0. The van der Waals surface area contributed by atoms with Crippen LogP contribution in [-0.2, 0) is 6.61 Å². The van der Waals surface area contributed by atoms with E-state index in [2.05, 4.69) is 36.8 Å². The highest BCUT2D eigenvalue weighted by Gasteiger charge is 2.18. The van der Waals surface area contributed by atoms with E-state index in [-0.39, 0.29) is 0 Å². The number of nitrogens with zero attached hydrogens (tertiary/aromatic N) is 1. The van der Waals surface area contributed by atoms with Crippen LogP contribution in [0.1, 0.15) is 30.4 Å². The van der Waals surface area contributed by atoms with Gasteiger partial charge in [0.2, 0.25) is 0 Å². The van der Waals surface area contributed by atoms with Gasteiger partial charge in [-0.15, -0.1) is 0 Å². The van der Waals surface area contributed by atoms with Crippen molar-refractivity contribution in [1.82, 2.24) is 4.90 Å². The molecule has 0 spiro atoms. The van der Waals surface area contributed by atoms with Crippen LogP contribution >= 0.6 is 55.7 Å². The van der Waals surface area contributed by atoms with Crippen molar-refractivity contribution in [3.63, 3.8) is 0 Å². The summed E-state index contributed by atoms with van der Waals surface area (Å²) in [5, 5.41) is 0.724. The van der Waals surface area contributed by atoms with E-state index in [0.717, 1.165) is 48.9 Å². The first-order valence-corrected chi connectivity index (χ1v) is 10.6. The summed E-state index contributed by atoms with van der Waals surface area (Å²) in [4.78, 5) is 3.20. The zero-order valence-corrected chi connectivity index (χ0v) is 18.3. The van der Waals surface area contributed by atoms with Crippen LogP contribution in [-0.4, -0.2) is 23.0 Å². The molecule has 0 saturated carbocycles. The van der Waals surface area contributed by atoms with Gasteiger partial charge in [0.05, 0.1) is 8.95 Å². The summed E-state index contributed by atoms with van der Waals surface area (Å²) in [5.74, 6) is 0.778. The van der Waals surface area contributed by atoms with Crippen LogP contribution in [0.3, 0.4) is 0 Å². The summed E-state index contributed by atoms with van der Waals surface area (Å²) in [6, 6.07) is 11.7. The van der Waals surface area contributed by atoms with Gasteiger partial charge in [-0.25, -0.2) is 0 Å². The SMILES string of the molecule is S=C(c1cc(Br)c(OCc2ccc(Cl)cc2)c(Br)c1)N1CCCCC1. The third kappa shape index (κ3) is 4.97. The van der Waals surface area contributed by atoms with Gasteiger partial charge in [0.25, 0.3) is 0 Å². The molecule has 1 heterocycles. The third-order valence-corrected chi connectivity index (χ3v) is 6.11. The van der Waals surface area contributed by atoms with E-state index in [1.807, 2.05) is 36.4 Å². The van der Waals surface area contributed by atoms with Crippen LogP contribution in [0.15, 0.2) is 45.3 Å². The third-order valence-electron chi connectivity index (χ3n) is 4.18. The number of halogens is 3. The second-order valence-corrected chi connectivity index (χ2v) is 8.57. The molecule has 6 heteroatoms. The number of ether oxygens (including phenoxy) is 1. The van der Waals surface area contributed by atoms with Crippen LogP contribution in [0.5, 0.6) is 5.75 Å². The van der Waals surface area contributed by atoms with E-state index in [4.69, 9.17) is 28.6 Å². The molecule has 0 radical (unpaired) electrons. The first kappa shape index (κ1) is 19.2. The number of piperidine rings is 1. The molecule has 0 amide bonds. The van der Waals surface area contributed by atoms with Gasteiger partial charge in [0.15, 0.2) is 0 Å². The van der Waals surface area contributed by atoms with Crippen LogP contribution in [0.4, 0.5) is 0 Å². The van der Waals surface area contributed by atoms with Crippen LogP contribution < -0.4 is 4.74 Å². The van der Waals surface area contributed by atoms with Crippen molar-refractivity contribution in [2.45, 2.75) is 25.9 Å². The number of hydrogen-bond acceptors (Lipinski definition) is 2. The molecule has 0 aromatic heterocycles. The molecule has 1 aliphatic heterocycles. The number of hydrogen-bond donors (Lipinski definition) is 0. The van der Waals surface area contributed by atoms with E-state index in [1.165, 1.54) is 19.3 Å². The molecule has 0 bridgehead atoms. The molecule has 132 valence electrons. The first-order chi connectivity index (χ1) is 12.0. The van der Waals surface area contributed by atoms with Crippen molar-refractivity contribution >= 4 is 60.7 Å². The van der Waals surface area contributed by atoms with Gasteiger partial charge in [0, 0.05) is 23.7 Å². The minimum absolute atomic E-state index is 0.476. The Balaban J connectivity index is 1.73. The fourth-order valence-electron chi connectivity index (χ4n) is 2.84. The Morgan fingerprint density at radius 3 is 2.24 bits per heavy atom. The highest BCUT2D eigenvalue weighted by atomic mass is 79.9. The lowest BCUT2D eigenvalue weighted by molar-refractivity contribution is 0.302. The predicted molar refractivity (Wildman–Crippen MR) is 115 cm³/mol. The number of likely N-dealkylation sites (tertiary alicyclic amines) is 1. The van der Waals surface area contributed by atoms with Crippen molar-refractivity contribution < 1.29 is 4.74 Å². The van der Waals surface area contributed by atoms with Gasteiger partial charge in [-0.2, -0.15) is 0 Å². The zero-order chi connectivity index (χ0) is 17.8. The Hall–Kier alpha value is -0.620. The van der Waals surface area contributed by atoms with E-state index in [1.54, 1.807) is 0 Å². The number of rotatable bonds is 4. The normalized spacial score (nSPS) is 14.4. The molecule has 0 N–H and O–H groups in total. The van der Waals surface area contributed by atoms with Crippen molar-refractivity contribution in [1.29, 1.82) is 0 Å². The van der Waals surface area contributed by atoms with Crippen LogP contribution in [0.2, 0.25) is 5.02 Å². The lowest BCUT2D eigenvalue weighted by Gasteiger charge is -2.29. The lowest BCUT2D eigenvalue weighted by atomic mass is 10.1. The summed E-state index contributed by atoms with van der Waals surface area (Å²) < 4.78 is 7.77. The fraction of sp³-hybridized carbons (Fsp3) is 0.316. The van der Waals surface area contributed by atoms with E-state index < -0.39 is 0 Å². The molecular weight excluding hydrogens is 486 g/mol. The summed E-state index contributed by atoms with van der Waals surface area (Å²) in [5.41, 5.74) is 2.10. The molecule has 25 heavy (non-hydrogen) atoms. The van der Waals surface area contributed by atoms with E-state index in [0.29, 0.717) is 6.61 Å². The van der Waals surface area contributed by atoms with E-state index in [9.17, 15) is 0 Å². The van der Waals surface area contributed by atoms with Gasteiger partial charge in [-0.3, -0.25) is 0 Å². The molecule has 2 aromatic rings. The minimum Gasteiger partial charge on any atom is -0.487 e. The standard InChI is InChI=1S/C19H18Br2ClNOS/c20-16-10-14(19(25)23-8-2-1-3-9-23)11-17(21)18(16)24-12-13-4-6-15(22)7-5-13/h4-7,10-11H,1-3,8-9,12H2. The van der Waals surface area contributed by atoms with Gasteiger partial charge >= 0.3 is 0 Å². The minimum atomic E-state index is 0.476. The van der Waals surface area contributed by atoms with E-state index >= 15 is 0 Å². The van der Waals surface area contributed by atoms with Crippen molar-refractivity contribution in [2.75, 3.05) is 13.1 Å². The Kier molecular flexibility index (Phi) is 6.78. The molecule has 0 aliphatic carbocycles. The summed E-state index contributed by atoms with van der Waals surface area (Å²) >= 11 is 18.8. The molecule has 0 unspecified atom stereocenters. The maximum Gasteiger partial charge on any atom is 0.148 e. The topological polar surface area (TPSA) is 12.5 Å². The second kappa shape index (κ2) is 8.85. The maximum atomic E-state index is 5.98.